The molecule has 37 valence electrons. The molecule has 0 heterocycles. The summed E-state index contributed by atoms with van der Waals surface area (Å²) in [6, 6.07) is 0. The van der Waals surface area contributed by atoms with Crippen LogP contribution in [0, 0.1) is 0 Å². The van der Waals surface area contributed by atoms with Crippen LogP contribution in [-0.4, -0.2) is 8.80 Å². The van der Waals surface area contributed by atoms with Crippen molar-refractivity contribution in [2.45, 2.75) is 19.6 Å². The standard InChI is InChI=1S/C3H9Si.H2N.Ti/c1-4(2)3;;/h1-3H3;1H2;/q;-1;. The molecule has 3 heteroatoms. The van der Waals surface area contributed by atoms with Crippen molar-refractivity contribution in [1.82, 2.24) is 0 Å². The second-order valence-electron chi connectivity index (χ2n) is 1.50. The molecule has 0 saturated carbocycles. The summed E-state index contributed by atoms with van der Waals surface area (Å²) in [4.78, 5) is 0. The van der Waals surface area contributed by atoms with Crippen LogP contribution in [-0.2, 0) is 21.7 Å². The molecule has 0 amide bonds. The van der Waals surface area contributed by atoms with Crippen molar-refractivity contribution in [1.29, 1.82) is 0 Å². The Hall–Kier alpha value is 0.891. The third kappa shape index (κ3) is 93.3. The van der Waals surface area contributed by atoms with Crippen LogP contribution >= 0.6 is 0 Å². The molecule has 0 unspecified atom stereocenters. The predicted molar refractivity (Wildman–Crippen MR) is 28.6 cm³/mol. The van der Waals surface area contributed by atoms with E-state index < -0.39 is 0 Å². The fourth-order valence-corrected chi connectivity index (χ4v) is 0. The second-order valence-corrected chi connectivity index (χ2v) is 4.50. The van der Waals surface area contributed by atoms with E-state index in [0.29, 0.717) is 0 Å². The van der Waals surface area contributed by atoms with Crippen LogP contribution in [0.4, 0.5) is 0 Å². The third-order valence-corrected chi connectivity index (χ3v) is 0. The van der Waals surface area contributed by atoms with E-state index >= 15 is 0 Å². The molecular formula is C3H11NSiTi-. The summed E-state index contributed by atoms with van der Waals surface area (Å²) in [5, 5.41) is 0. The Morgan fingerprint density at radius 1 is 1.00 bits per heavy atom. The van der Waals surface area contributed by atoms with Crippen molar-refractivity contribution in [2.75, 3.05) is 0 Å². The summed E-state index contributed by atoms with van der Waals surface area (Å²) in [5.74, 6) is 0. The van der Waals surface area contributed by atoms with Crippen molar-refractivity contribution in [2.24, 2.45) is 0 Å². The Morgan fingerprint density at radius 2 is 1.00 bits per heavy atom. The fraction of sp³-hybridized carbons (Fsp3) is 1.00. The van der Waals surface area contributed by atoms with Gasteiger partial charge in [0, 0.05) is 30.5 Å². The van der Waals surface area contributed by atoms with Gasteiger partial charge in [0.05, 0.1) is 0 Å². The summed E-state index contributed by atoms with van der Waals surface area (Å²) >= 11 is 0. The number of hydrogen-bond acceptors (Lipinski definition) is 0. The smallest absolute Gasteiger partial charge is 0.0379 e. The number of hydrogen-bond donors (Lipinski definition) is 0. The summed E-state index contributed by atoms with van der Waals surface area (Å²) < 4.78 is 0. The van der Waals surface area contributed by atoms with Crippen molar-refractivity contribution in [3.8, 4) is 0 Å². The van der Waals surface area contributed by atoms with E-state index in [4.69, 9.17) is 0 Å². The van der Waals surface area contributed by atoms with Gasteiger partial charge in [-0.05, 0) is 0 Å². The molecule has 0 aliphatic rings. The van der Waals surface area contributed by atoms with E-state index in [-0.39, 0.29) is 36.7 Å². The molecule has 0 bridgehead atoms. The molecule has 2 N–H and O–H groups in total. The molecular weight excluding hydrogens is 126 g/mol. The summed E-state index contributed by atoms with van der Waals surface area (Å²) in [7, 11) is 0.120. The van der Waals surface area contributed by atoms with Gasteiger partial charge in [-0.25, -0.2) is 0 Å². The zero-order valence-electron chi connectivity index (χ0n) is 4.58. The molecule has 0 atom stereocenters. The van der Waals surface area contributed by atoms with Crippen molar-refractivity contribution < 1.29 is 21.7 Å². The van der Waals surface area contributed by atoms with Gasteiger partial charge in [0.1, 0.15) is 0 Å². The first-order valence-corrected chi connectivity index (χ1v) is 4.50. The zero-order valence-corrected chi connectivity index (χ0v) is 7.14. The molecule has 0 aromatic rings. The first-order valence-electron chi connectivity index (χ1n) is 1.50. The molecule has 0 saturated heterocycles. The average Bonchev–Trinajstić information content (AvgIpc) is 0.811. The maximum absolute atomic E-state index is 2.27. The summed E-state index contributed by atoms with van der Waals surface area (Å²) in [6.07, 6.45) is 0. The molecule has 0 aromatic heterocycles. The number of nitrogens with two attached hydrogens (primary N) is 1. The summed E-state index contributed by atoms with van der Waals surface area (Å²) in [5.41, 5.74) is 0. The van der Waals surface area contributed by atoms with Crippen LogP contribution in [0.15, 0.2) is 0 Å². The van der Waals surface area contributed by atoms with E-state index in [0.717, 1.165) is 0 Å². The Balaban J connectivity index is -0.0000000450. The SMILES string of the molecule is C[Si](C)C.[NH2-].[Ti]. The Labute approximate surface area is 56.6 Å². The van der Waals surface area contributed by atoms with Gasteiger partial charge >= 0.3 is 0 Å². The Bertz CT molecular complexity index is 15.5. The van der Waals surface area contributed by atoms with Crippen LogP contribution in [0.5, 0.6) is 0 Å². The average molecular weight is 137 g/mol. The van der Waals surface area contributed by atoms with E-state index in [1.54, 1.807) is 0 Å². The van der Waals surface area contributed by atoms with Crippen LogP contribution in [0.1, 0.15) is 0 Å². The monoisotopic (exact) mass is 137 g/mol. The van der Waals surface area contributed by atoms with Gasteiger partial charge in [0.25, 0.3) is 0 Å². The molecule has 0 aliphatic heterocycles. The first-order chi connectivity index (χ1) is 1.73. The molecule has 0 aliphatic carbocycles. The maximum atomic E-state index is 2.27. The van der Waals surface area contributed by atoms with Crippen LogP contribution in [0.2, 0.25) is 19.6 Å². The summed E-state index contributed by atoms with van der Waals surface area (Å²) in [6.45, 7) is 6.81. The molecule has 6 heavy (non-hydrogen) atoms. The van der Waals surface area contributed by atoms with Crippen LogP contribution in [0.25, 0.3) is 6.15 Å². The largest absolute Gasteiger partial charge is 0.693 e. The minimum absolute atomic E-state index is 0. The normalized spacial score (nSPS) is 6.00. The topological polar surface area (TPSA) is 33.5 Å². The van der Waals surface area contributed by atoms with Crippen LogP contribution < -0.4 is 0 Å². The molecule has 1 radical (unpaired) electrons. The Kier molecular flexibility index (Phi) is 24.5. The van der Waals surface area contributed by atoms with E-state index in [2.05, 4.69) is 19.6 Å². The van der Waals surface area contributed by atoms with Gasteiger partial charge in [0.2, 0.25) is 0 Å². The van der Waals surface area contributed by atoms with Gasteiger partial charge in [-0.1, -0.05) is 19.6 Å². The quantitative estimate of drug-likeness (QED) is 0.458. The van der Waals surface area contributed by atoms with Crippen molar-refractivity contribution in [3.63, 3.8) is 0 Å². The molecule has 0 aromatic carbocycles. The van der Waals surface area contributed by atoms with Crippen molar-refractivity contribution in [3.05, 3.63) is 6.15 Å². The van der Waals surface area contributed by atoms with E-state index in [1.165, 1.54) is 0 Å². The minimum atomic E-state index is 0. The van der Waals surface area contributed by atoms with Gasteiger partial charge in [0.15, 0.2) is 0 Å². The Morgan fingerprint density at radius 3 is 1.00 bits per heavy atom. The first kappa shape index (κ1) is 15.8. The van der Waals surface area contributed by atoms with Gasteiger partial charge < -0.3 is 6.15 Å². The molecule has 0 spiro atoms. The van der Waals surface area contributed by atoms with Gasteiger partial charge in [-0.3, -0.25) is 0 Å². The fourth-order valence-electron chi connectivity index (χ4n) is 0. The zero-order chi connectivity index (χ0) is 3.58. The van der Waals surface area contributed by atoms with Gasteiger partial charge in [-0.15, -0.1) is 0 Å². The van der Waals surface area contributed by atoms with E-state index in [9.17, 15) is 0 Å². The predicted octanol–water partition coefficient (Wildman–Crippen LogP) is 2.09. The van der Waals surface area contributed by atoms with Gasteiger partial charge in [-0.2, -0.15) is 0 Å². The minimum Gasteiger partial charge on any atom is -0.693 e. The van der Waals surface area contributed by atoms with Crippen LogP contribution in [0.3, 0.4) is 0 Å². The third-order valence-electron chi connectivity index (χ3n) is 0. The maximum Gasteiger partial charge on any atom is 0.0379 e. The molecule has 0 rings (SSSR count). The molecule has 0 fully saturated rings. The second kappa shape index (κ2) is 9.31. The molecule has 1 nitrogen and oxygen atoms in total. The van der Waals surface area contributed by atoms with E-state index in [1.807, 2.05) is 0 Å². The number of rotatable bonds is 0. The van der Waals surface area contributed by atoms with Crippen molar-refractivity contribution >= 4 is 8.80 Å².